The number of amides is 2. The number of carbonyl (C=O) groups excluding carboxylic acids is 2. The minimum Gasteiger partial charge on any atom is -0.369 e. The molecule has 0 heterocycles. The summed E-state index contributed by atoms with van der Waals surface area (Å²) in [6, 6.07) is 0. The Hall–Kier alpha value is -0.970. The Kier molecular flexibility index (Phi) is 10.9. The smallest absolute Gasteiger partial charge is 0.243 e. The first-order valence-corrected chi connectivity index (χ1v) is 7.12. The molecule has 0 saturated carbocycles. The molecule has 0 fully saturated rings. The van der Waals surface area contributed by atoms with Gasteiger partial charge < -0.3 is 11.1 Å². The molecule has 3 N–H and O–H groups in total. The van der Waals surface area contributed by atoms with Crippen LogP contribution in [-0.2, 0) is 9.59 Å². The monoisotopic (exact) mass is 258 g/mol. The van der Waals surface area contributed by atoms with E-state index >= 15 is 0 Å². The normalized spacial score (nSPS) is 10.6. The van der Waals surface area contributed by atoms with Crippen molar-refractivity contribution in [3.63, 3.8) is 0 Å². The molecule has 0 aliphatic carbocycles. The van der Waals surface area contributed by atoms with Gasteiger partial charge in [-0.05, 0) is 18.9 Å². The lowest BCUT2D eigenvalue weighted by molar-refractivity contribution is -0.116. The zero-order valence-corrected chi connectivity index (χ0v) is 11.2. The van der Waals surface area contributed by atoms with Crippen LogP contribution in [-0.4, -0.2) is 29.9 Å². The van der Waals surface area contributed by atoms with Crippen molar-refractivity contribution in [3.8, 4) is 0 Å². The van der Waals surface area contributed by atoms with Gasteiger partial charge in [0.05, 0.1) is 5.75 Å². The first-order chi connectivity index (χ1) is 8.16. The van der Waals surface area contributed by atoms with Crippen molar-refractivity contribution in [2.24, 2.45) is 5.73 Å². The maximum atomic E-state index is 11.3. The molecule has 2 amide bonds. The molecular weight excluding hydrogens is 236 g/mol. The third-order valence-electron chi connectivity index (χ3n) is 2.03. The molecule has 0 bridgehead atoms. The van der Waals surface area contributed by atoms with Crippen LogP contribution in [0, 0.1) is 0 Å². The van der Waals surface area contributed by atoms with E-state index in [0.717, 1.165) is 12.8 Å². The van der Waals surface area contributed by atoms with Crippen molar-refractivity contribution in [2.45, 2.75) is 32.6 Å². The highest BCUT2D eigenvalue weighted by molar-refractivity contribution is 7.99. The Morgan fingerprint density at radius 1 is 1.35 bits per heavy atom. The quantitative estimate of drug-likeness (QED) is 0.460. The molecule has 4 nitrogen and oxygen atoms in total. The fraction of sp³-hybridized carbons (Fsp3) is 0.667. The lowest BCUT2D eigenvalue weighted by Crippen LogP contribution is -2.24. The Morgan fingerprint density at radius 3 is 2.76 bits per heavy atom. The van der Waals surface area contributed by atoms with E-state index < -0.39 is 0 Å². The lowest BCUT2D eigenvalue weighted by Gasteiger charge is -2.00. The third kappa shape index (κ3) is 13.0. The Balaban J connectivity index is 3.36. The van der Waals surface area contributed by atoms with Crippen LogP contribution in [0.25, 0.3) is 0 Å². The summed E-state index contributed by atoms with van der Waals surface area (Å²) in [5.74, 6) is 0.625. The van der Waals surface area contributed by atoms with Gasteiger partial charge in [-0.2, -0.15) is 11.8 Å². The van der Waals surface area contributed by atoms with Gasteiger partial charge in [0.1, 0.15) is 0 Å². The third-order valence-corrected chi connectivity index (χ3v) is 3.01. The molecule has 0 saturated heterocycles. The number of thioether (sulfide) groups is 1. The van der Waals surface area contributed by atoms with E-state index in [1.165, 1.54) is 24.6 Å². The molecule has 0 aliphatic heterocycles. The second-order valence-corrected chi connectivity index (χ2v) is 4.81. The Bertz CT molecular complexity index is 255. The van der Waals surface area contributed by atoms with Crippen molar-refractivity contribution in [2.75, 3.05) is 18.1 Å². The number of allylic oxidation sites excluding steroid dienone is 1. The van der Waals surface area contributed by atoms with E-state index in [-0.39, 0.29) is 11.8 Å². The lowest BCUT2D eigenvalue weighted by atomic mass is 10.2. The van der Waals surface area contributed by atoms with Crippen LogP contribution in [0.2, 0.25) is 0 Å². The summed E-state index contributed by atoms with van der Waals surface area (Å²) in [6.45, 7) is 2.72. The van der Waals surface area contributed by atoms with Crippen LogP contribution in [0.3, 0.4) is 0 Å². The highest BCUT2D eigenvalue weighted by Gasteiger charge is 1.96. The molecule has 0 unspecified atom stereocenters. The van der Waals surface area contributed by atoms with Crippen LogP contribution in [0.1, 0.15) is 32.6 Å². The van der Waals surface area contributed by atoms with Gasteiger partial charge in [0, 0.05) is 12.3 Å². The summed E-state index contributed by atoms with van der Waals surface area (Å²) < 4.78 is 0. The van der Waals surface area contributed by atoms with Crippen molar-refractivity contribution in [3.05, 3.63) is 12.2 Å². The topological polar surface area (TPSA) is 72.2 Å². The number of carbonyl (C=O) groups is 2. The second kappa shape index (κ2) is 11.5. The van der Waals surface area contributed by atoms with E-state index in [1.54, 1.807) is 6.08 Å². The predicted octanol–water partition coefficient (Wildman–Crippen LogP) is 1.46. The zero-order valence-electron chi connectivity index (χ0n) is 10.4. The van der Waals surface area contributed by atoms with Crippen LogP contribution in [0.15, 0.2) is 12.2 Å². The molecule has 0 radical (unpaired) electrons. The van der Waals surface area contributed by atoms with Gasteiger partial charge in [0.2, 0.25) is 11.8 Å². The number of primary amides is 1. The Labute approximate surface area is 107 Å². The van der Waals surface area contributed by atoms with Crippen molar-refractivity contribution in [1.82, 2.24) is 5.32 Å². The summed E-state index contributed by atoms with van der Waals surface area (Å²) in [7, 11) is 0. The summed E-state index contributed by atoms with van der Waals surface area (Å²) in [4.78, 5) is 21.7. The fourth-order valence-electron chi connectivity index (χ4n) is 1.18. The van der Waals surface area contributed by atoms with Gasteiger partial charge in [0.15, 0.2) is 0 Å². The molecule has 0 aromatic carbocycles. The van der Waals surface area contributed by atoms with E-state index in [0.29, 0.717) is 18.1 Å². The van der Waals surface area contributed by atoms with E-state index in [9.17, 15) is 9.59 Å². The molecule has 0 aromatic rings. The van der Waals surface area contributed by atoms with E-state index in [2.05, 4.69) is 12.2 Å². The first-order valence-electron chi connectivity index (χ1n) is 5.97. The van der Waals surface area contributed by atoms with Crippen LogP contribution in [0.4, 0.5) is 0 Å². The van der Waals surface area contributed by atoms with Gasteiger partial charge >= 0.3 is 0 Å². The maximum absolute atomic E-state index is 11.3. The van der Waals surface area contributed by atoms with E-state index in [1.807, 2.05) is 6.08 Å². The summed E-state index contributed by atoms with van der Waals surface area (Å²) in [5, 5.41) is 2.75. The van der Waals surface area contributed by atoms with Crippen LogP contribution in [0.5, 0.6) is 0 Å². The Morgan fingerprint density at radius 2 is 2.12 bits per heavy atom. The highest BCUT2D eigenvalue weighted by Crippen LogP contribution is 1.99. The standard InChI is InChI=1S/C12H22N2O2S/c1-2-3-4-5-6-7-12(16)14-8-9-17-10-11(13)15/h6-7H,2-5,8-10H2,1H3,(H2,13,15)(H,14,16)/b7-6+. The number of rotatable bonds is 10. The summed E-state index contributed by atoms with van der Waals surface area (Å²) in [6.07, 6.45) is 7.97. The maximum Gasteiger partial charge on any atom is 0.243 e. The second-order valence-electron chi connectivity index (χ2n) is 3.71. The average Bonchev–Trinajstić information content (AvgIpc) is 2.28. The molecule has 5 heteroatoms. The van der Waals surface area contributed by atoms with Crippen molar-refractivity contribution < 1.29 is 9.59 Å². The van der Waals surface area contributed by atoms with Crippen molar-refractivity contribution in [1.29, 1.82) is 0 Å². The number of nitrogens with two attached hydrogens (primary N) is 1. The molecule has 0 spiro atoms. The molecule has 0 rings (SSSR count). The van der Waals surface area contributed by atoms with E-state index in [4.69, 9.17) is 5.73 Å². The molecule has 0 atom stereocenters. The van der Waals surface area contributed by atoms with Gasteiger partial charge in [-0.15, -0.1) is 0 Å². The largest absolute Gasteiger partial charge is 0.369 e. The first kappa shape index (κ1) is 16.0. The summed E-state index contributed by atoms with van der Waals surface area (Å²) in [5.41, 5.74) is 4.98. The van der Waals surface area contributed by atoms with Gasteiger partial charge in [-0.1, -0.05) is 25.8 Å². The SMILES string of the molecule is CCCCC/C=C/C(=O)NCCSCC(N)=O. The number of unbranched alkanes of at least 4 members (excludes halogenated alkanes) is 3. The minimum absolute atomic E-state index is 0.0684. The number of hydrogen-bond acceptors (Lipinski definition) is 3. The van der Waals surface area contributed by atoms with Gasteiger partial charge in [-0.25, -0.2) is 0 Å². The molecule has 0 aliphatic rings. The average molecular weight is 258 g/mol. The highest BCUT2D eigenvalue weighted by atomic mass is 32.2. The van der Waals surface area contributed by atoms with Crippen LogP contribution >= 0.6 is 11.8 Å². The van der Waals surface area contributed by atoms with Gasteiger partial charge in [-0.3, -0.25) is 9.59 Å². The molecule has 0 aromatic heterocycles. The summed E-state index contributed by atoms with van der Waals surface area (Å²) >= 11 is 1.42. The fourth-order valence-corrected chi connectivity index (χ4v) is 1.77. The zero-order chi connectivity index (χ0) is 12.9. The predicted molar refractivity (Wildman–Crippen MR) is 72.8 cm³/mol. The van der Waals surface area contributed by atoms with Crippen molar-refractivity contribution >= 4 is 23.6 Å². The molecule has 98 valence electrons. The molecular formula is C12H22N2O2S. The van der Waals surface area contributed by atoms with Crippen LogP contribution < -0.4 is 11.1 Å². The number of nitrogens with one attached hydrogen (secondary N) is 1. The number of hydrogen-bond donors (Lipinski definition) is 2. The van der Waals surface area contributed by atoms with Gasteiger partial charge in [0.25, 0.3) is 0 Å². The molecule has 17 heavy (non-hydrogen) atoms. The minimum atomic E-state index is -0.322.